The molecular formula is C28H31BrN2O3. The Kier molecular flexibility index (Phi) is 9.71. The lowest BCUT2D eigenvalue weighted by molar-refractivity contribution is -0.142. The van der Waals surface area contributed by atoms with Crippen molar-refractivity contribution >= 4 is 27.7 Å². The largest absolute Gasteiger partial charge is 0.484 e. The van der Waals surface area contributed by atoms with Crippen molar-refractivity contribution in [1.29, 1.82) is 0 Å². The molecule has 0 unspecified atom stereocenters. The summed E-state index contributed by atoms with van der Waals surface area (Å²) in [5, 5.41) is 2.98. The maximum Gasteiger partial charge on any atom is 0.261 e. The van der Waals surface area contributed by atoms with Gasteiger partial charge in [-0.05, 0) is 48.7 Å². The Bertz CT molecular complexity index is 1050. The molecule has 2 amide bonds. The third kappa shape index (κ3) is 7.73. The highest BCUT2D eigenvalue weighted by Crippen LogP contribution is 2.18. The van der Waals surface area contributed by atoms with Crippen LogP contribution in [0.3, 0.4) is 0 Å². The minimum atomic E-state index is -0.656. The molecule has 0 aliphatic rings. The molecule has 0 saturated carbocycles. The molecule has 0 saturated heterocycles. The van der Waals surface area contributed by atoms with Gasteiger partial charge in [-0.15, -0.1) is 0 Å². The average molecular weight is 523 g/mol. The molecule has 6 heteroatoms. The Labute approximate surface area is 210 Å². The van der Waals surface area contributed by atoms with Gasteiger partial charge in [0.1, 0.15) is 11.8 Å². The number of ether oxygens (including phenoxy) is 1. The summed E-state index contributed by atoms with van der Waals surface area (Å²) < 4.78 is 6.71. The third-order valence-corrected chi connectivity index (χ3v) is 6.00. The number of carbonyl (C=O) groups is 2. The van der Waals surface area contributed by atoms with Crippen molar-refractivity contribution in [1.82, 2.24) is 10.2 Å². The minimum Gasteiger partial charge on any atom is -0.484 e. The predicted molar refractivity (Wildman–Crippen MR) is 139 cm³/mol. The van der Waals surface area contributed by atoms with Gasteiger partial charge in [-0.1, -0.05) is 83.0 Å². The van der Waals surface area contributed by atoms with Gasteiger partial charge in [0, 0.05) is 24.0 Å². The van der Waals surface area contributed by atoms with Crippen molar-refractivity contribution in [2.45, 2.75) is 39.3 Å². The second-order valence-corrected chi connectivity index (χ2v) is 9.16. The summed E-state index contributed by atoms with van der Waals surface area (Å²) >= 11 is 3.40. The van der Waals surface area contributed by atoms with Gasteiger partial charge in [-0.2, -0.15) is 0 Å². The standard InChI is InChI=1S/C28H31BrN2O3/c1-3-17-30-28(33)26(18-22-7-5-4-6-8-22)31(19-23-11-9-21(2)10-12-23)27(32)20-34-25-15-13-24(29)14-16-25/h4-16,26H,3,17-20H2,1-2H3,(H,30,33)/t26-/m1/s1. The second-order valence-electron chi connectivity index (χ2n) is 8.25. The molecule has 0 fully saturated rings. The molecule has 0 bridgehead atoms. The van der Waals surface area contributed by atoms with Crippen molar-refractivity contribution in [3.8, 4) is 5.75 Å². The first-order chi connectivity index (χ1) is 16.5. The zero-order valence-electron chi connectivity index (χ0n) is 19.7. The van der Waals surface area contributed by atoms with Crippen LogP contribution in [-0.2, 0) is 22.6 Å². The van der Waals surface area contributed by atoms with Gasteiger partial charge in [0.2, 0.25) is 5.91 Å². The summed E-state index contributed by atoms with van der Waals surface area (Å²) in [4.78, 5) is 28.4. The van der Waals surface area contributed by atoms with Gasteiger partial charge in [0.15, 0.2) is 6.61 Å². The van der Waals surface area contributed by atoms with Crippen molar-refractivity contribution in [3.63, 3.8) is 0 Å². The van der Waals surface area contributed by atoms with E-state index in [4.69, 9.17) is 4.74 Å². The van der Waals surface area contributed by atoms with Crippen LogP contribution in [0.1, 0.15) is 30.0 Å². The van der Waals surface area contributed by atoms with E-state index in [1.165, 1.54) is 0 Å². The summed E-state index contributed by atoms with van der Waals surface area (Å²) in [7, 11) is 0. The molecular weight excluding hydrogens is 492 g/mol. The van der Waals surface area contributed by atoms with Crippen molar-refractivity contribution in [3.05, 3.63) is 100 Å². The lowest BCUT2D eigenvalue weighted by Gasteiger charge is -2.31. The van der Waals surface area contributed by atoms with Crippen molar-refractivity contribution in [2.75, 3.05) is 13.2 Å². The van der Waals surface area contributed by atoms with Gasteiger partial charge in [-0.25, -0.2) is 0 Å². The Hall–Kier alpha value is -3.12. The smallest absolute Gasteiger partial charge is 0.261 e. The summed E-state index contributed by atoms with van der Waals surface area (Å²) in [6.07, 6.45) is 1.24. The fourth-order valence-corrected chi connectivity index (χ4v) is 3.83. The first kappa shape index (κ1) is 25.5. The van der Waals surface area contributed by atoms with Gasteiger partial charge in [0.25, 0.3) is 5.91 Å². The fourth-order valence-electron chi connectivity index (χ4n) is 3.57. The molecule has 3 rings (SSSR count). The Morgan fingerprint density at radius 1 is 0.941 bits per heavy atom. The van der Waals surface area contributed by atoms with Gasteiger partial charge >= 0.3 is 0 Å². The van der Waals surface area contributed by atoms with Crippen LogP contribution in [0.5, 0.6) is 5.75 Å². The molecule has 0 heterocycles. The second kappa shape index (κ2) is 12.9. The number of carbonyl (C=O) groups excluding carboxylic acids is 2. The van der Waals surface area contributed by atoms with E-state index in [0.29, 0.717) is 25.3 Å². The highest BCUT2D eigenvalue weighted by molar-refractivity contribution is 9.10. The molecule has 0 spiro atoms. The lowest BCUT2D eigenvalue weighted by atomic mass is 10.0. The average Bonchev–Trinajstić information content (AvgIpc) is 2.86. The van der Waals surface area contributed by atoms with Crippen LogP contribution in [0.2, 0.25) is 0 Å². The van der Waals surface area contributed by atoms with Crippen LogP contribution in [0.25, 0.3) is 0 Å². The van der Waals surface area contributed by atoms with E-state index in [1.807, 2.05) is 80.6 Å². The number of hydrogen-bond acceptors (Lipinski definition) is 3. The number of aryl methyl sites for hydroxylation is 1. The molecule has 3 aromatic rings. The molecule has 34 heavy (non-hydrogen) atoms. The number of benzene rings is 3. The SMILES string of the molecule is CCCNC(=O)[C@@H](Cc1ccccc1)N(Cc1ccc(C)cc1)C(=O)COc1ccc(Br)cc1. The van der Waals surface area contributed by atoms with E-state index in [9.17, 15) is 9.59 Å². The number of nitrogens with one attached hydrogen (secondary N) is 1. The number of nitrogens with zero attached hydrogens (tertiary/aromatic N) is 1. The molecule has 178 valence electrons. The van der Waals surface area contributed by atoms with E-state index < -0.39 is 6.04 Å². The van der Waals surface area contributed by atoms with Gasteiger partial charge in [-0.3, -0.25) is 9.59 Å². The number of amides is 2. The molecule has 0 radical (unpaired) electrons. The number of halogens is 1. The van der Waals surface area contributed by atoms with Crippen LogP contribution in [-0.4, -0.2) is 35.9 Å². The van der Waals surface area contributed by atoms with E-state index in [-0.39, 0.29) is 18.4 Å². The summed E-state index contributed by atoms with van der Waals surface area (Å²) in [5.41, 5.74) is 3.10. The van der Waals surface area contributed by atoms with Crippen LogP contribution in [0.4, 0.5) is 0 Å². The monoisotopic (exact) mass is 522 g/mol. The molecule has 5 nitrogen and oxygen atoms in total. The minimum absolute atomic E-state index is 0.153. The predicted octanol–water partition coefficient (Wildman–Crippen LogP) is 5.30. The van der Waals surface area contributed by atoms with Crippen LogP contribution in [0, 0.1) is 6.92 Å². The van der Waals surface area contributed by atoms with Crippen molar-refractivity contribution < 1.29 is 14.3 Å². The molecule has 1 atom stereocenters. The molecule has 1 N–H and O–H groups in total. The van der Waals surface area contributed by atoms with Crippen LogP contribution >= 0.6 is 15.9 Å². The van der Waals surface area contributed by atoms with Crippen LogP contribution < -0.4 is 10.1 Å². The van der Waals surface area contributed by atoms with E-state index in [0.717, 1.165) is 27.6 Å². The molecule has 0 aliphatic heterocycles. The fraction of sp³-hybridized carbons (Fsp3) is 0.286. The maximum atomic E-state index is 13.5. The highest BCUT2D eigenvalue weighted by atomic mass is 79.9. The van der Waals surface area contributed by atoms with Gasteiger partial charge in [0.05, 0.1) is 0 Å². The first-order valence-corrected chi connectivity index (χ1v) is 12.3. The van der Waals surface area contributed by atoms with Crippen LogP contribution in [0.15, 0.2) is 83.3 Å². The molecule has 0 aromatic heterocycles. The topological polar surface area (TPSA) is 58.6 Å². The lowest BCUT2D eigenvalue weighted by Crippen LogP contribution is -2.51. The van der Waals surface area contributed by atoms with E-state index in [1.54, 1.807) is 17.0 Å². The summed E-state index contributed by atoms with van der Waals surface area (Å²) in [6.45, 7) is 4.76. The first-order valence-electron chi connectivity index (χ1n) is 11.5. The Balaban J connectivity index is 1.87. The highest BCUT2D eigenvalue weighted by Gasteiger charge is 2.30. The van der Waals surface area contributed by atoms with Crippen molar-refractivity contribution in [2.24, 2.45) is 0 Å². The zero-order chi connectivity index (χ0) is 24.3. The van der Waals surface area contributed by atoms with Gasteiger partial charge < -0.3 is 15.0 Å². The Morgan fingerprint density at radius 3 is 2.26 bits per heavy atom. The normalized spacial score (nSPS) is 11.5. The van der Waals surface area contributed by atoms with E-state index in [2.05, 4.69) is 21.2 Å². The summed E-state index contributed by atoms with van der Waals surface area (Å²) in [6, 6.07) is 24.5. The number of rotatable bonds is 11. The molecule has 0 aliphatic carbocycles. The molecule has 3 aromatic carbocycles. The zero-order valence-corrected chi connectivity index (χ0v) is 21.3. The third-order valence-electron chi connectivity index (χ3n) is 5.47. The number of hydrogen-bond donors (Lipinski definition) is 1. The summed E-state index contributed by atoms with van der Waals surface area (Å²) in [5.74, 6) is 0.202. The Morgan fingerprint density at radius 2 is 1.62 bits per heavy atom. The quantitative estimate of drug-likeness (QED) is 0.371. The maximum absolute atomic E-state index is 13.5. The van der Waals surface area contributed by atoms with E-state index >= 15 is 0 Å².